The number of aromatic nitrogens is 3. The Hall–Kier alpha value is -1.91. The number of hydrogen-bond donors (Lipinski definition) is 1. The lowest BCUT2D eigenvalue weighted by Gasteiger charge is -2.32. The zero-order valence-corrected chi connectivity index (χ0v) is 12.6. The maximum absolute atomic E-state index is 12.6. The van der Waals surface area contributed by atoms with Gasteiger partial charge in [-0.3, -0.25) is 4.79 Å². The molecule has 1 saturated carbocycles. The average Bonchev–Trinajstić information content (AvgIpc) is 2.94. The van der Waals surface area contributed by atoms with Crippen molar-refractivity contribution in [3.8, 4) is 0 Å². The fourth-order valence-corrected chi connectivity index (χ4v) is 3.22. The molecule has 1 aliphatic carbocycles. The van der Waals surface area contributed by atoms with E-state index in [4.69, 9.17) is 4.74 Å². The van der Waals surface area contributed by atoms with Crippen molar-refractivity contribution < 1.29 is 9.53 Å². The number of ether oxygens (including phenoxy) is 1. The first-order chi connectivity index (χ1) is 10.2. The zero-order chi connectivity index (χ0) is 14.9. The highest BCUT2D eigenvalue weighted by molar-refractivity contribution is 5.84. The molecule has 2 aromatic rings. The molecule has 5 heteroatoms. The molecule has 0 aliphatic heterocycles. The molecule has 1 N–H and O–H groups in total. The molecule has 0 radical (unpaired) electrons. The maximum atomic E-state index is 12.6. The predicted molar refractivity (Wildman–Crippen MR) is 80.0 cm³/mol. The second kappa shape index (κ2) is 5.47. The van der Waals surface area contributed by atoms with Crippen molar-refractivity contribution >= 4 is 17.1 Å². The Balaban J connectivity index is 2.09. The lowest BCUT2D eigenvalue weighted by molar-refractivity contribution is -0.152. The third-order valence-corrected chi connectivity index (χ3v) is 4.43. The Morgan fingerprint density at radius 2 is 2.14 bits per heavy atom. The molecule has 21 heavy (non-hydrogen) atoms. The number of fused-ring (bicyclic) bond motifs is 1. The fraction of sp³-hybridized carbons (Fsp3) is 0.562. The van der Waals surface area contributed by atoms with Gasteiger partial charge in [0.05, 0.1) is 12.1 Å². The van der Waals surface area contributed by atoms with Crippen LogP contribution in [0.5, 0.6) is 0 Å². The van der Waals surface area contributed by atoms with Crippen LogP contribution in [0.3, 0.4) is 0 Å². The third kappa shape index (κ3) is 2.30. The van der Waals surface area contributed by atoms with Crippen LogP contribution in [0.15, 0.2) is 12.3 Å². The van der Waals surface area contributed by atoms with E-state index in [-0.39, 0.29) is 5.97 Å². The van der Waals surface area contributed by atoms with Crippen molar-refractivity contribution in [3.05, 3.63) is 23.7 Å². The molecular weight excluding hydrogens is 266 g/mol. The molecule has 2 heterocycles. The quantitative estimate of drug-likeness (QED) is 0.881. The first-order valence-corrected chi connectivity index (χ1v) is 7.66. The lowest BCUT2D eigenvalue weighted by atomic mass is 9.73. The van der Waals surface area contributed by atoms with Gasteiger partial charge in [0.2, 0.25) is 0 Å². The highest BCUT2D eigenvalue weighted by Gasteiger charge is 2.45. The molecule has 3 rings (SSSR count). The summed E-state index contributed by atoms with van der Waals surface area (Å²) in [7, 11) is 0. The van der Waals surface area contributed by atoms with Crippen molar-refractivity contribution in [2.45, 2.75) is 51.4 Å². The van der Waals surface area contributed by atoms with Gasteiger partial charge in [0, 0.05) is 6.20 Å². The molecule has 1 fully saturated rings. The van der Waals surface area contributed by atoms with E-state index in [0.29, 0.717) is 12.3 Å². The Morgan fingerprint density at radius 1 is 1.38 bits per heavy atom. The summed E-state index contributed by atoms with van der Waals surface area (Å²) >= 11 is 0. The third-order valence-electron chi connectivity index (χ3n) is 4.43. The van der Waals surface area contributed by atoms with Crippen LogP contribution in [0.1, 0.15) is 50.4 Å². The molecule has 0 saturated heterocycles. The van der Waals surface area contributed by atoms with E-state index in [9.17, 15) is 4.79 Å². The van der Waals surface area contributed by atoms with Crippen LogP contribution in [-0.2, 0) is 14.9 Å². The van der Waals surface area contributed by atoms with Crippen molar-refractivity contribution in [1.82, 2.24) is 15.0 Å². The molecular formula is C16H21N3O2. The van der Waals surface area contributed by atoms with Gasteiger partial charge in [-0.15, -0.1) is 0 Å². The Kier molecular flexibility index (Phi) is 3.66. The molecule has 5 nitrogen and oxygen atoms in total. The number of pyridine rings is 1. The average molecular weight is 287 g/mol. The van der Waals surface area contributed by atoms with E-state index in [0.717, 1.165) is 42.6 Å². The summed E-state index contributed by atoms with van der Waals surface area (Å²) < 4.78 is 5.35. The molecule has 0 amide bonds. The van der Waals surface area contributed by atoms with Gasteiger partial charge in [0.25, 0.3) is 0 Å². The van der Waals surface area contributed by atoms with Crippen LogP contribution in [-0.4, -0.2) is 27.5 Å². The van der Waals surface area contributed by atoms with Crippen molar-refractivity contribution in [1.29, 1.82) is 0 Å². The Labute approximate surface area is 124 Å². The van der Waals surface area contributed by atoms with Crippen LogP contribution < -0.4 is 0 Å². The standard InChI is InChI=1S/C16H21N3O2/c1-3-21-15(20)16(8-5-4-6-9-16)14-18-12-11(2)7-10-17-13(12)19-14/h7,10H,3-6,8-9H2,1-2H3,(H,17,18,19). The van der Waals surface area contributed by atoms with Gasteiger partial charge in [-0.2, -0.15) is 0 Å². The number of nitrogens with zero attached hydrogens (tertiary/aromatic N) is 2. The molecule has 112 valence electrons. The fourth-order valence-electron chi connectivity index (χ4n) is 3.22. The second-order valence-corrected chi connectivity index (χ2v) is 5.78. The van der Waals surface area contributed by atoms with Gasteiger partial charge in [-0.1, -0.05) is 19.3 Å². The number of H-pyrrole nitrogens is 1. The van der Waals surface area contributed by atoms with E-state index in [1.807, 2.05) is 19.9 Å². The van der Waals surface area contributed by atoms with Gasteiger partial charge in [-0.25, -0.2) is 9.97 Å². The van der Waals surface area contributed by atoms with Crippen molar-refractivity contribution in [2.24, 2.45) is 0 Å². The summed E-state index contributed by atoms with van der Waals surface area (Å²) in [5.41, 5.74) is 2.07. The van der Waals surface area contributed by atoms with Crippen LogP contribution in [0.4, 0.5) is 0 Å². The number of hydrogen-bond acceptors (Lipinski definition) is 4. The summed E-state index contributed by atoms with van der Waals surface area (Å²) in [6.45, 7) is 4.26. The number of esters is 1. The molecule has 1 aliphatic rings. The first kappa shape index (κ1) is 14.0. The second-order valence-electron chi connectivity index (χ2n) is 5.78. The number of aryl methyl sites for hydroxylation is 1. The van der Waals surface area contributed by atoms with Crippen LogP contribution >= 0.6 is 0 Å². The van der Waals surface area contributed by atoms with E-state index in [2.05, 4.69) is 15.0 Å². The summed E-state index contributed by atoms with van der Waals surface area (Å²) in [5.74, 6) is 0.568. The molecule has 0 atom stereocenters. The highest BCUT2D eigenvalue weighted by Crippen LogP contribution is 2.40. The van der Waals surface area contributed by atoms with Crippen LogP contribution in [0.2, 0.25) is 0 Å². The van der Waals surface area contributed by atoms with Crippen molar-refractivity contribution in [2.75, 3.05) is 6.61 Å². The van der Waals surface area contributed by atoms with Gasteiger partial charge in [0.15, 0.2) is 5.65 Å². The topological polar surface area (TPSA) is 67.9 Å². The van der Waals surface area contributed by atoms with E-state index < -0.39 is 5.41 Å². The molecule has 0 spiro atoms. The number of aromatic amines is 1. The van der Waals surface area contributed by atoms with Gasteiger partial charge >= 0.3 is 5.97 Å². The normalized spacial score (nSPS) is 17.8. The van der Waals surface area contributed by atoms with E-state index in [1.165, 1.54) is 6.42 Å². The Bertz CT molecular complexity index is 657. The Morgan fingerprint density at radius 3 is 2.81 bits per heavy atom. The van der Waals surface area contributed by atoms with Gasteiger partial charge in [-0.05, 0) is 38.3 Å². The monoisotopic (exact) mass is 287 g/mol. The van der Waals surface area contributed by atoms with Crippen LogP contribution in [0, 0.1) is 6.92 Å². The number of rotatable bonds is 3. The minimum absolute atomic E-state index is 0.151. The minimum Gasteiger partial charge on any atom is -0.465 e. The van der Waals surface area contributed by atoms with Gasteiger partial charge < -0.3 is 9.72 Å². The number of carbonyl (C=O) groups excluding carboxylic acids is 1. The molecule has 0 bridgehead atoms. The molecule has 2 aromatic heterocycles. The zero-order valence-electron chi connectivity index (χ0n) is 12.6. The minimum atomic E-state index is -0.624. The molecule has 0 aromatic carbocycles. The largest absolute Gasteiger partial charge is 0.465 e. The summed E-state index contributed by atoms with van der Waals surface area (Å²) in [6.07, 6.45) is 6.57. The highest BCUT2D eigenvalue weighted by atomic mass is 16.5. The van der Waals surface area contributed by atoms with Crippen LogP contribution in [0.25, 0.3) is 11.2 Å². The summed E-state index contributed by atoms with van der Waals surface area (Å²) in [4.78, 5) is 24.8. The lowest BCUT2D eigenvalue weighted by Crippen LogP contribution is -2.40. The summed E-state index contributed by atoms with van der Waals surface area (Å²) in [5, 5.41) is 0. The number of imidazole rings is 1. The predicted octanol–water partition coefficient (Wildman–Crippen LogP) is 3.03. The first-order valence-electron chi connectivity index (χ1n) is 7.66. The number of nitrogens with one attached hydrogen (secondary N) is 1. The van der Waals surface area contributed by atoms with E-state index >= 15 is 0 Å². The maximum Gasteiger partial charge on any atom is 0.319 e. The smallest absolute Gasteiger partial charge is 0.319 e. The summed E-state index contributed by atoms with van der Waals surface area (Å²) in [6, 6.07) is 1.95. The van der Waals surface area contributed by atoms with Crippen molar-refractivity contribution in [3.63, 3.8) is 0 Å². The number of carbonyl (C=O) groups is 1. The SMILES string of the molecule is CCOC(=O)C1(c2nc3nccc(C)c3[nH]2)CCCCC1. The van der Waals surface area contributed by atoms with E-state index in [1.54, 1.807) is 6.20 Å². The molecule has 0 unspecified atom stereocenters. The van der Waals surface area contributed by atoms with Gasteiger partial charge in [0.1, 0.15) is 11.2 Å².